The molecule has 0 aromatic rings. The Labute approximate surface area is 113 Å². The van der Waals surface area contributed by atoms with Crippen LogP contribution in [0.4, 0.5) is 0 Å². The summed E-state index contributed by atoms with van der Waals surface area (Å²) in [5, 5.41) is 0. The molecule has 108 valence electrons. The molecule has 0 radical (unpaired) electrons. The summed E-state index contributed by atoms with van der Waals surface area (Å²) in [4.78, 5) is 9.13. The van der Waals surface area contributed by atoms with Crippen molar-refractivity contribution in [1.29, 1.82) is 0 Å². The topological polar surface area (TPSA) is 46.5 Å². The highest BCUT2D eigenvalue weighted by molar-refractivity contribution is 7.32. The number of rotatable bonds is 12. The zero-order valence-corrected chi connectivity index (χ0v) is 13.2. The van der Waals surface area contributed by atoms with E-state index in [4.69, 9.17) is 9.42 Å². The highest BCUT2D eigenvalue weighted by atomic mass is 31.1. The predicted octanol–water partition coefficient (Wildman–Crippen LogP) is 5.35. The Bertz CT molecular complexity index is 211. The second-order valence-corrected chi connectivity index (χ2v) is 5.83. The highest BCUT2D eigenvalue weighted by Crippen LogP contribution is 2.38. The second kappa shape index (κ2) is 10.9. The van der Waals surface area contributed by atoms with Gasteiger partial charge in [0.1, 0.15) is 5.60 Å². The van der Waals surface area contributed by atoms with Gasteiger partial charge < -0.3 is 0 Å². The van der Waals surface area contributed by atoms with Crippen LogP contribution in [-0.4, -0.2) is 10.5 Å². The lowest BCUT2D eigenvalue weighted by Gasteiger charge is -2.27. The van der Waals surface area contributed by atoms with Crippen molar-refractivity contribution in [3.05, 3.63) is 0 Å². The largest absolute Gasteiger partial charge is 0.695 e. The van der Waals surface area contributed by atoms with Gasteiger partial charge in [-0.1, -0.05) is 65.7 Å². The van der Waals surface area contributed by atoms with Gasteiger partial charge in [0.25, 0.3) is 0 Å². The van der Waals surface area contributed by atoms with Gasteiger partial charge in [-0.3, -0.25) is 0 Å². The maximum Gasteiger partial charge on any atom is 0.695 e. The van der Waals surface area contributed by atoms with Crippen LogP contribution in [0.2, 0.25) is 0 Å². The molecular formula is C14H30O3P+. The van der Waals surface area contributed by atoms with E-state index in [9.17, 15) is 4.57 Å². The van der Waals surface area contributed by atoms with E-state index in [-0.39, 0.29) is 5.60 Å². The fraction of sp³-hybridized carbons (Fsp3) is 1.00. The summed E-state index contributed by atoms with van der Waals surface area (Å²) in [6.45, 7) is 6.47. The number of hydrogen-bond donors (Lipinski definition) is 1. The molecule has 0 bridgehead atoms. The zero-order chi connectivity index (χ0) is 13.9. The first-order valence-corrected chi connectivity index (χ1v) is 8.58. The third kappa shape index (κ3) is 8.18. The van der Waals surface area contributed by atoms with Crippen LogP contribution in [0.3, 0.4) is 0 Å². The van der Waals surface area contributed by atoms with Crippen molar-refractivity contribution < 1.29 is 14.0 Å². The summed E-state index contributed by atoms with van der Waals surface area (Å²) in [7, 11) is -2.49. The van der Waals surface area contributed by atoms with Crippen LogP contribution < -0.4 is 0 Å². The monoisotopic (exact) mass is 277 g/mol. The Balaban J connectivity index is 4.56. The lowest BCUT2D eigenvalue weighted by Crippen LogP contribution is -2.30. The molecule has 0 amide bonds. The van der Waals surface area contributed by atoms with Gasteiger partial charge in [-0.25, -0.2) is 0 Å². The van der Waals surface area contributed by atoms with Gasteiger partial charge in [0.2, 0.25) is 0 Å². The molecule has 0 saturated carbocycles. The molecule has 18 heavy (non-hydrogen) atoms. The fourth-order valence-electron chi connectivity index (χ4n) is 2.37. The minimum atomic E-state index is -2.49. The SMILES string of the molecule is CCCCCC(CCCC)(CCCC)O[P+](=O)O. The van der Waals surface area contributed by atoms with E-state index in [1.165, 1.54) is 12.8 Å². The summed E-state index contributed by atoms with van der Waals surface area (Å²) < 4.78 is 16.6. The standard InChI is InChI=1S/C14H29O3P/c1-4-7-10-13-14(11-8-5-2,12-9-6-3)17-18(15)16/h4-13H2,1-3H3/p+1. The highest BCUT2D eigenvalue weighted by Gasteiger charge is 2.38. The van der Waals surface area contributed by atoms with E-state index < -0.39 is 8.25 Å². The van der Waals surface area contributed by atoms with Crippen molar-refractivity contribution in [3.8, 4) is 0 Å². The summed E-state index contributed by atoms with van der Waals surface area (Å²) >= 11 is 0. The molecule has 4 heteroatoms. The van der Waals surface area contributed by atoms with Crippen molar-refractivity contribution >= 4 is 8.25 Å². The van der Waals surface area contributed by atoms with Crippen molar-refractivity contribution in [2.45, 2.75) is 90.6 Å². The van der Waals surface area contributed by atoms with Gasteiger partial charge in [0.15, 0.2) is 0 Å². The summed E-state index contributed by atoms with van der Waals surface area (Å²) in [5.74, 6) is 0. The third-order valence-electron chi connectivity index (χ3n) is 3.48. The fourth-order valence-corrected chi connectivity index (χ4v) is 2.98. The van der Waals surface area contributed by atoms with E-state index in [1.54, 1.807) is 0 Å². The van der Waals surface area contributed by atoms with Crippen LogP contribution in [-0.2, 0) is 9.09 Å². The Kier molecular flexibility index (Phi) is 10.9. The van der Waals surface area contributed by atoms with Crippen molar-refractivity contribution in [2.75, 3.05) is 0 Å². The minimum absolute atomic E-state index is 0.358. The molecule has 0 aliphatic carbocycles. The molecule has 1 N–H and O–H groups in total. The number of hydrogen-bond acceptors (Lipinski definition) is 2. The molecule has 0 saturated heterocycles. The molecule has 1 unspecified atom stereocenters. The first-order valence-electron chi connectivity index (χ1n) is 7.45. The van der Waals surface area contributed by atoms with Crippen molar-refractivity contribution in [3.63, 3.8) is 0 Å². The molecule has 0 spiro atoms. The van der Waals surface area contributed by atoms with Crippen molar-refractivity contribution in [1.82, 2.24) is 0 Å². The Morgan fingerprint density at radius 2 is 1.33 bits per heavy atom. The Hall–Kier alpha value is 0.0200. The molecule has 0 rings (SSSR count). The first-order chi connectivity index (χ1) is 8.60. The summed E-state index contributed by atoms with van der Waals surface area (Å²) in [6, 6.07) is 0. The van der Waals surface area contributed by atoms with Gasteiger partial charge in [-0.15, -0.1) is 9.42 Å². The molecule has 0 aliphatic rings. The van der Waals surface area contributed by atoms with E-state index in [0.29, 0.717) is 0 Å². The molecular weight excluding hydrogens is 247 g/mol. The lowest BCUT2D eigenvalue weighted by molar-refractivity contribution is 0.0317. The van der Waals surface area contributed by atoms with E-state index in [2.05, 4.69) is 20.8 Å². The molecule has 0 aliphatic heterocycles. The average Bonchev–Trinajstić information content (AvgIpc) is 2.33. The zero-order valence-electron chi connectivity index (χ0n) is 12.3. The third-order valence-corrected chi connectivity index (χ3v) is 4.02. The molecule has 0 heterocycles. The van der Waals surface area contributed by atoms with E-state index in [1.807, 2.05) is 0 Å². The lowest BCUT2D eigenvalue weighted by atomic mass is 9.86. The van der Waals surface area contributed by atoms with Gasteiger partial charge in [-0.2, -0.15) is 0 Å². The molecule has 3 nitrogen and oxygen atoms in total. The smallest absolute Gasteiger partial charge is 0.133 e. The van der Waals surface area contributed by atoms with E-state index >= 15 is 0 Å². The molecule has 0 aromatic heterocycles. The molecule has 0 fully saturated rings. The Morgan fingerprint density at radius 3 is 1.72 bits per heavy atom. The van der Waals surface area contributed by atoms with Crippen LogP contribution in [0.5, 0.6) is 0 Å². The number of unbranched alkanes of at least 4 members (excludes halogenated alkanes) is 4. The van der Waals surface area contributed by atoms with Gasteiger partial charge in [0.05, 0.1) is 0 Å². The van der Waals surface area contributed by atoms with E-state index in [0.717, 1.165) is 51.4 Å². The van der Waals surface area contributed by atoms with Crippen LogP contribution >= 0.6 is 8.25 Å². The van der Waals surface area contributed by atoms with Gasteiger partial charge in [0, 0.05) is 4.57 Å². The summed E-state index contributed by atoms with van der Waals surface area (Å²) in [6.07, 6.45) is 10.5. The molecule has 1 atom stereocenters. The van der Waals surface area contributed by atoms with Crippen LogP contribution in [0.25, 0.3) is 0 Å². The maximum absolute atomic E-state index is 11.1. The average molecular weight is 277 g/mol. The van der Waals surface area contributed by atoms with Crippen LogP contribution in [0.1, 0.15) is 85.0 Å². The quantitative estimate of drug-likeness (QED) is 0.386. The predicted molar refractivity (Wildman–Crippen MR) is 76.8 cm³/mol. The molecule has 0 aromatic carbocycles. The Morgan fingerprint density at radius 1 is 0.889 bits per heavy atom. The van der Waals surface area contributed by atoms with Gasteiger partial charge >= 0.3 is 8.25 Å². The normalized spacial score (nSPS) is 12.8. The van der Waals surface area contributed by atoms with Gasteiger partial charge in [-0.05, 0) is 19.3 Å². The second-order valence-electron chi connectivity index (χ2n) is 5.18. The summed E-state index contributed by atoms with van der Waals surface area (Å²) in [5.41, 5.74) is -0.358. The first kappa shape index (κ1) is 18.0. The van der Waals surface area contributed by atoms with Crippen molar-refractivity contribution in [2.24, 2.45) is 0 Å². The minimum Gasteiger partial charge on any atom is -0.133 e. The van der Waals surface area contributed by atoms with Crippen LogP contribution in [0, 0.1) is 0 Å². The van der Waals surface area contributed by atoms with Crippen LogP contribution in [0.15, 0.2) is 0 Å². The maximum atomic E-state index is 11.1.